The van der Waals surface area contributed by atoms with E-state index in [9.17, 15) is 13.6 Å². The number of rotatable bonds is 5. The van der Waals surface area contributed by atoms with Crippen LogP contribution in [-0.2, 0) is 6.61 Å². The molecule has 1 aromatic heterocycles. The normalized spacial score (nSPS) is 10.6. The minimum atomic E-state index is -0.835. The lowest BCUT2D eigenvalue weighted by Crippen LogP contribution is -2.13. The summed E-state index contributed by atoms with van der Waals surface area (Å²) < 4.78 is 37.2. The molecule has 0 aliphatic heterocycles. The van der Waals surface area contributed by atoms with E-state index in [1.54, 1.807) is 31.2 Å². The minimum Gasteiger partial charge on any atom is -0.489 e. The number of nitrogens with zero attached hydrogens (tertiary/aromatic N) is 1. The van der Waals surface area contributed by atoms with Crippen molar-refractivity contribution < 1.29 is 22.8 Å². The third kappa shape index (κ3) is 3.88. The fraction of sp³-hybridized carbons (Fsp3) is 0.158. The molecule has 26 heavy (non-hydrogen) atoms. The number of benzene rings is 2. The summed E-state index contributed by atoms with van der Waals surface area (Å²) in [7, 11) is 0. The molecule has 0 bridgehead atoms. The molecule has 0 atom stereocenters. The van der Waals surface area contributed by atoms with Gasteiger partial charge in [-0.3, -0.25) is 4.79 Å². The predicted octanol–water partition coefficient (Wildman–Crippen LogP) is 4.40. The van der Waals surface area contributed by atoms with E-state index in [2.05, 4.69) is 10.5 Å². The van der Waals surface area contributed by atoms with Gasteiger partial charge >= 0.3 is 0 Å². The Bertz CT molecular complexity index is 917. The van der Waals surface area contributed by atoms with Crippen molar-refractivity contribution in [2.75, 3.05) is 5.32 Å². The van der Waals surface area contributed by atoms with Crippen molar-refractivity contribution >= 4 is 11.6 Å². The predicted molar refractivity (Wildman–Crippen MR) is 91.1 cm³/mol. The summed E-state index contributed by atoms with van der Waals surface area (Å²) in [5.74, 6) is -0.792. The number of aryl methyl sites for hydroxylation is 2. The van der Waals surface area contributed by atoms with Crippen LogP contribution in [0.5, 0.6) is 5.75 Å². The van der Waals surface area contributed by atoms with Crippen LogP contribution in [0.1, 0.15) is 27.4 Å². The first kappa shape index (κ1) is 17.6. The van der Waals surface area contributed by atoms with Crippen molar-refractivity contribution in [3.63, 3.8) is 0 Å². The van der Waals surface area contributed by atoms with Gasteiger partial charge in [-0.2, -0.15) is 0 Å². The zero-order chi connectivity index (χ0) is 18.7. The average molecular weight is 358 g/mol. The highest BCUT2D eigenvalue weighted by atomic mass is 19.1. The zero-order valence-corrected chi connectivity index (χ0v) is 14.2. The topological polar surface area (TPSA) is 64.4 Å². The van der Waals surface area contributed by atoms with E-state index >= 15 is 0 Å². The van der Waals surface area contributed by atoms with Crippen molar-refractivity contribution in [3.05, 3.63) is 76.7 Å². The van der Waals surface area contributed by atoms with Crippen LogP contribution in [0.3, 0.4) is 0 Å². The van der Waals surface area contributed by atoms with Gasteiger partial charge in [0.15, 0.2) is 0 Å². The minimum absolute atomic E-state index is 0.0878. The van der Waals surface area contributed by atoms with Crippen molar-refractivity contribution in [1.82, 2.24) is 5.16 Å². The standard InChI is InChI=1S/C19H16F2N2O3/c1-11-16(12(2)26-23-11)10-25-15-6-3-13(4-7-15)19(24)22-18-8-5-14(20)9-17(18)21/h3-9H,10H2,1-2H3,(H,22,24). The lowest BCUT2D eigenvalue weighted by atomic mass is 10.2. The number of amides is 1. The number of halogens is 2. The molecule has 5 nitrogen and oxygen atoms in total. The van der Waals surface area contributed by atoms with E-state index in [1.165, 1.54) is 6.07 Å². The molecule has 0 unspecified atom stereocenters. The molecule has 1 heterocycles. The number of carbonyl (C=O) groups is 1. The van der Waals surface area contributed by atoms with E-state index in [1.807, 2.05) is 6.92 Å². The monoisotopic (exact) mass is 358 g/mol. The number of hydrogen-bond acceptors (Lipinski definition) is 4. The van der Waals surface area contributed by atoms with Gasteiger partial charge in [0.1, 0.15) is 29.8 Å². The van der Waals surface area contributed by atoms with Gasteiger partial charge in [0.25, 0.3) is 5.91 Å². The molecule has 0 aliphatic rings. The van der Waals surface area contributed by atoms with Crippen molar-refractivity contribution in [2.24, 2.45) is 0 Å². The lowest BCUT2D eigenvalue weighted by molar-refractivity contribution is 0.102. The van der Waals surface area contributed by atoms with Gasteiger partial charge in [0.2, 0.25) is 0 Å². The van der Waals surface area contributed by atoms with E-state index in [4.69, 9.17) is 9.26 Å². The van der Waals surface area contributed by atoms with Gasteiger partial charge in [0, 0.05) is 11.6 Å². The third-order valence-electron chi connectivity index (χ3n) is 3.86. The molecule has 0 aliphatic carbocycles. The maximum Gasteiger partial charge on any atom is 0.255 e. The molecular weight excluding hydrogens is 342 g/mol. The van der Waals surface area contributed by atoms with Gasteiger partial charge in [0.05, 0.1) is 16.9 Å². The highest BCUT2D eigenvalue weighted by molar-refractivity contribution is 6.04. The highest BCUT2D eigenvalue weighted by Gasteiger charge is 2.12. The highest BCUT2D eigenvalue weighted by Crippen LogP contribution is 2.19. The summed E-state index contributed by atoms with van der Waals surface area (Å²) in [4.78, 5) is 12.2. The van der Waals surface area contributed by atoms with Crippen molar-refractivity contribution in [2.45, 2.75) is 20.5 Å². The summed E-state index contributed by atoms with van der Waals surface area (Å²) in [5.41, 5.74) is 1.87. The maximum absolute atomic E-state index is 13.6. The largest absolute Gasteiger partial charge is 0.489 e. The molecule has 0 fully saturated rings. The second-order valence-corrected chi connectivity index (χ2v) is 5.69. The summed E-state index contributed by atoms with van der Waals surface area (Å²) in [6.45, 7) is 3.94. The Morgan fingerprint density at radius 2 is 1.88 bits per heavy atom. The number of anilines is 1. The second kappa shape index (κ2) is 7.35. The molecule has 2 aromatic carbocycles. The van der Waals surface area contributed by atoms with Crippen LogP contribution in [0.2, 0.25) is 0 Å². The summed E-state index contributed by atoms with van der Waals surface area (Å²) in [6.07, 6.45) is 0. The smallest absolute Gasteiger partial charge is 0.255 e. The van der Waals surface area contributed by atoms with Crippen LogP contribution in [0.15, 0.2) is 47.0 Å². The number of carbonyl (C=O) groups excluding carboxylic acids is 1. The summed E-state index contributed by atoms with van der Waals surface area (Å²) in [6, 6.07) is 9.33. The Hall–Kier alpha value is -3.22. The Labute approximate surface area is 148 Å². The van der Waals surface area contributed by atoms with E-state index in [0.29, 0.717) is 29.7 Å². The fourth-order valence-electron chi connectivity index (χ4n) is 2.35. The van der Waals surface area contributed by atoms with Crippen LogP contribution in [0, 0.1) is 25.5 Å². The first-order valence-electron chi connectivity index (χ1n) is 7.85. The quantitative estimate of drug-likeness (QED) is 0.734. The first-order valence-corrected chi connectivity index (χ1v) is 7.85. The van der Waals surface area contributed by atoms with Crippen molar-refractivity contribution in [3.8, 4) is 5.75 Å². The van der Waals surface area contributed by atoms with Crippen molar-refractivity contribution in [1.29, 1.82) is 0 Å². The van der Waals surface area contributed by atoms with Gasteiger partial charge in [-0.25, -0.2) is 8.78 Å². The van der Waals surface area contributed by atoms with Gasteiger partial charge in [-0.05, 0) is 50.2 Å². The molecule has 0 saturated heterocycles. The maximum atomic E-state index is 13.6. The Morgan fingerprint density at radius 3 is 2.50 bits per heavy atom. The molecule has 7 heteroatoms. The lowest BCUT2D eigenvalue weighted by Gasteiger charge is -2.08. The molecule has 1 amide bonds. The molecule has 3 rings (SSSR count). The zero-order valence-electron chi connectivity index (χ0n) is 14.2. The molecule has 0 saturated carbocycles. The van der Waals surface area contributed by atoms with Gasteiger partial charge in [-0.1, -0.05) is 5.16 Å². The van der Waals surface area contributed by atoms with Gasteiger partial charge in [-0.15, -0.1) is 0 Å². The molecule has 0 spiro atoms. The first-order chi connectivity index (χ1) is 12.4. The Kier molecular flexibility index (Phi) is 4.97. The fourth-order valence-corrected chi connectivity index (χ4v) is 2.35. The van der Waals surface area contributed by atoms with E-state index in [-0.39, 0.29) is 5.69 Å². The Morgan fingerprint density at radius 1 is 1.15 bits per heavy atom. The number of nitrogens with one attached hydrogen (secondary N) is 1. The van der Waals surface area contributed by atoms with Crippen LogP contribution in [-0.4, -0.2) is 11.1 Å². The third-order valence-corrected chi connectivity index (χ3v) is 3.86. The van der Waals surface area contributed by atoms with Crippen LogP contribution < -0.4 is 10.1 Å². The Balaban J connectivity index is 1.64. The molecule has 1 N–H and O–H groups in total. The summed E-state index contributed by atoms with van der Waals surface area (Å²) >= 11 is 0. The van der Waals surface area contributed by atoms with Gasteiger partial charge < -0.3 is 14.6 Å². The number of ether oxygens (including phenoxy) is 1. The van der Waals surface area contributed by atoms with Crippen LogP contribution in [0.25, 0.3) is 0 Å². The van der Waals surface area contributed by atoms with E-state index < -0.39 is 17.5 Å². The molecule has 134 valence electrons. The van der Waals surface area contributed by atoms with E-state index in [0.717, 1.165) is 17.3 Å². The van der Waals surface area contributed by atoms with Crippen LogP contribution >= 0.6 is 0 Å². The van der Waals surface area contributed by atoms with Crippen LogP contribution in [0.4, 0.5) is 14.5 Å². The molecule has 0 radical (unpaired) electrons. The molecule has 3 aromatic rings. The SMILES string of the molecule is Cc1noc(C)c1COc1ccc(C(=O)Nc2ccc(F)cc2F)cc1. The number of aromatic nitrogens is 1. The molecular formula is C19H16F2N2O3. The summed E-state index contributed by atoms with van der Waals surface area (Å²) in [5, 5.41) is 6.26. The number of hydrogen-bond donors (Lipinski definition) is 1. The second-order valence-electron chi connectivity index (χ2n) is 5.69. The average Bonchev–Trinajstić information content (AvgIpc) is 2.94.